The summed E-state index contributed by atoms with van der Waals surface area (Å²) in [5, 5.41) is 18.6. The molecule has 2 aromatic heterocycles. The van der Waals surface area contributed by atoms with E-state index in [0.29, 0.717) is 18.8 Å². The predicted molar refractivity (Wildman–Crippen MR) is 99.5 cm³/mol. The molecule has 0 radical (unpaired) electrons. The van der Waals surface area contributed by atoms with E-state index in [2.05, 4.69) is 20.6 Å². The number of aromatic nitrogens is 2. The normalized spacial score (nSPS) is 13.0. The number of fused-ring (bicyclic) bond motifs is 3. The van der Waals surface area contributed by atoms with Crippen molar-refractivity contribution in [3.8, 4) is 0 Å². The quantitative estimate of drug-likeness (QED) is 0.399. The van der Waals surface area contributed by atoms with Gasteiger partial charge in [-0.05, 0) is 30.9 Å². The Bertz CT molecular complexity index is 940. The lowest BCUT2D eigenvalue weighted by Gasteiger charge is -2.10. The van der Waals surface area contributed by atoms with E-state index in [1.54, 1.807) is 35.9 Å². The molecule has 128 valence electrons. The van der Waals surface area contributed by atoms with Crippen molar-refractivity contribution in [2.45, 2.75) is 19.3 Å². The molecule has 0 saturated carbocycles. The van der Waals surface area contributed by atoms with Crippen LogP contribution in [0.3, 0.4) is 0 Å². The Kier molecular flexibility index (Phi) is 4.19. The third-order valence-electron chi connectivity index (χ3n) is 4.33. The van der Waals surface area contributed by atoms with E-state index < -0.39 is 0 Å². The molecule has 3 aromatic rings. The summed E-state index contributed by atoms with van der Waals surface area (Å²) in [5.74, 6) is 0.855. The number of nitro groups is 1. The van der Waals surface area contributed by atoms with Crippen LogP contribution in [0.5, 0.6) is 0 Å². The molecule has 25 heavy (non-hydrogen) atoms. The molecule has 0 fully saturated rings. The van der Waals surface area contributed by atoms with Crippen LogP contribution < -0.4 is 10.6 Å². The first kappa shape index (κ1) is 15.8. The van der Waals surface area contributed by atoms with Crippen LogP contribution in [-0.4, -0.2) is 28.0 Å². The van der Waals surface area contributed by atoms with E-state index in [0.717, 1.165) is 28.9 Å². The highest BCUT2D eigenvalue weighted by Crippen LogP contribution is 2.38. The van der Waals surface area contributed by atoms with Crippen LogP contribution in [0.2, 0.25) is 0 Å². The maximum absolute atomic E-state index is 11.0. The Labute approximate surface area is 148 Å². The number of nitrogens with zero attached hydrogens (tertiary/aromatic N) is 3. The van der Waals surface area contributed by atoms with E-state index in [4.69, 9.17) is 0 Å². The van der Waals surface area contributed by atoms with Gasteiger partial charge in [-0.1, -0.05) is 12.1 Å². The zero-order valence-corrected chi connectivity index (χ0v) is 14.3. The number of thiophene rings is 1. The molecule has 0 aliphatic heterocycles. The van der Waals surface area contributed by atoms with Crippen LogP contribution in [0.4, 0.5) is 17.2 Å². The van der Waals surface area contributed by atoms with Gasteiger partial charge in [-0.25, -0.2) is 9.97 Å². The van der Waals surface area contributed by atoms with E-state index in [9.17, 15) is 10.1 Å². The average molecular weight is 355 g/mol. The van der Waals surface area contributed by atoms with E-state index in [1.807, 2.05) is 0 Å². The molecule has 2 heterocycles. The Morgan fingerprint density at radius 1 is 1.16 bits per heavy atom. The number of hydrogen-bond acceptors (Lipinski definition) is 7. The highest BCUT2D eigenvalue weighted by atomic mass is 32.1. The summed E-state index contributed by atoms with van der Waals surface area (Å²) in [4.78, 5) is 21.9. The molecule has 1 aromatic carbocycles. The van der Waals surface area contributed by atoms with Gasteiger partial charge in [0.15, 0.2) is 0 Å². The molecular weight excluding hydrogens is 338 g/mol. The second-order valence-corrected chi connectivity index (χ2v) is 6.97. The largest absolute Gasteiger partial charge is 0.378 e. The number of benzene rings is 1. The molecule has 0 spiro atoms. The Hall–Kier alpha value is -2.74. The number of nitro benzene ring substituents is 1. The zero-order valence-electron chi connectivity index (χ0n) is 13.5. The first-order valence-electron chi connectivity index (χ1n) is 8.20. The summed E-state index contributed by atoms with van der Waals surface area (Å²) in [7, 11) is 0. The number of para-hydroxylation sites is 2. The van der Waals surface area contributed by atoms with Gasteiger partial charge in [0.05, 0.1) is 10.3 Å². The van der Waals surface area contributed by atoms with Crippen molar-refractivity contribution in [3.05, 3.63) is 51.1 Å². The van der Waals surface area contributed by atoms with Crippen molar-refractivity contribution in [2.75, 3.05) is 23.7 Å². The molecule has 8 heteroatoms. The SMILES string of the molecule is O=[N+]([O-])c1ccccc1NCCNc1ncnc2sc3c(c12)CCC3. The number of hydrogen-bond donors (Lipinski definition) is 2. The summed E-state index contributed by atoms with van der Waals surface area (Å²) in [5.41, 5.74) is 2.00. The van der Waals surface area contributed by atoms with Gasteiger partial charge in [-0.15, -0.1) is 11.3 Å². The summed E-state index contributed by atoms with van der Waals surface area (Å²) >= 11 is 1.76. The minimum Gasteiger partial charge on any atom is -0.378 e. The Balaban J connectivity index is 1.45. The molecule has 0 bridgehead atoms. The van der Waals surface area contributed by atoms with Gasteiger partial charge in [0, 0.05) is 24.0 Å². The molecule has 0 amide bonds. The lowest BCUT2D eigenvalue weighted by atomic mass is 10.2. The molecule has 0 unspecified atom stereocenters. The number of nitrogens with one attached hydrogen (secondary N) is 2. The smallest absolute Gasteiger partial charge is 0.292 e. The van der Waals surface area contributed by atoms with Gasteiger partial charge in [0.1, 0.15) is 22.7 Å². The number of anilines is 2. The van der Waals surface area contributed by atoms with E-state index in [-0.39, 0.29) is 10.6 Å². The number of aryl methyl sites for hydroxylation is 2. The van der Waals surface area contributed by atoms with Crippen molar-refractivity contribution in [2.24, 2.45) is 0 Å². The van der Waals surface area contributed by atoms with Gasteiger partial charge < -0.3 is 10.6 Å². The molecule has 1 aliphatic carbocycles. The maximum Gasteiger partial charge on any atom is 0.292 e. The molecule has 0 atom stereocenters. The lowest BCUT2D eigenvalue weighted by Crippen LogP contribution is -2.15. The predicted octanol–water partition coefficient (Wildman–Crippen LogP) is 3.61. The fraction of sp³-hybridized carbons (Fsp3) is 0.294. The van der Waals surface area contributed by atoms with Crippen molar-refractivity contribution < 1.29 is 4.92 Å². The monoisotopic (exact) mass is 355 g/mol. The van der Waals surface area contributed by atoms with Gasteiger partial charge in [-0.2, -0.15) is 0 Å². The van der Waals surface area contributed by atoms with Crippen LogP contribution in [0, 0.1) is 10.1 Å². The topological polar surface area (TPSA) is 93.0 Å². The van der Waals surface area contributed by atoms with Gasteiger partial charge in [0.2, 0.25) is 0 Å². The van der Waals surface area contributed by atoms with Crippen molar-refractivity contribution >= 4 is 38.7 Å². The van der Waals surface area contributed by atoms with Crippen molar-refractivity contribution in [3.63, 3.8) is 0 Å². The summed E-state index contributed by atoms with van der Waals surface area (Å²) in [6.45, 7) is 1.17. The minimum atomic E-state index is -0.377. The third kappa shape index (κ3) is 3.00. The molecule has 4 rings (SSSR count). The molecule has 2 N–H and O–H groups in total. The van der Waals surface area contributed by atoms with Crippen LogP contribution in [-0.2, 0) is 12.8 Å². The summed E-state index contributed by atoms with van der Waals surface area (Å²) < 4.78 is 0. The standard InChI is InChI=1S/C17H17N5O2S/c23-22(24)13-6-2-1-5-12(13)18-8-9-19-16-15-11-4-3-7-14(11)25-17(15)21-10-20-16/h1-2,5-6,10,18H,3-4,7-9H2,(H,19,20,21). The van der Waals surface area contributed by atoms with E-state index >= 15 is 0 Å². The van der Waals surface area contributed by atoms with Gasteiger partial charge >= 0.3 is 0 Å². The fourth-order valence-electron chi connectivity index (χ4n) is 3.22. The first-order valence-corrected chi connectivity index (χ1v) is 9.02. The zero-order chi connectivity index (χ0) is 17.2. The molecule has 7 nitrogen and oxygen atoms in total. The van der Waals surface area contributed by atoms with Crippen LogP contribution >= 0.6 is 11.3 Å². The van der Waals surface area contributed by atoms with Gasteiger partial charge in [-0.3, -0.25) is 10.1 Å². The van der Waals surface area contributed by atoms with Gasteiger partial charge in [0.25, 0.3) is 5.69 Å². The Morgan fingerprint density at radius 2 is 2.00 bits per heavy atom. The summed E-state index contributed by atoms with van der Waals surface area (Å²) in [6.07, 6.45) is 5.01. The number of rotatable bonds is 6. The fourth-order valence-corrected chi connectivity index (χ4v) is 4.45. The second kappa shape index (κ2) is 6.64. The molecular formula is C17H17N5O2S. The highest BCUT2D eigenvalue weighted by molar-refractivity contribution is 7.19. The lowest BCUT2D eigenvalue weighted by molar-refractivity contribution is -0.384. The Morgan fingerprint density at radius 3 is 2.88 bits per heavy atom. The van der Waals surface area contributed by atoms with Crippen molar-refractivity contribution in [1.82, 2.24) is 9.97 Å². The maximum atomic E-state index is 11.0. The van der Waals surface area contributed by atoms with Crippen LogP contribution in [0.15, 0.2) is 30.6 Å². The minimum absolute atomic E-state index is 0.0857. The van der Waals surface area contributed by atoms with Crippen LogP contribution in [0.25, 0.3) is 10.2 Å². The highest BCUT2D eigenvalue weighted by Gasteiger charge is 2.21. The third-order valence-corrected chi connectivity index (χ3v) is 5.53. The van der Waals surface area contributed by atoms with E-state index in [1.165, 1.54) is 22.9 Å². The summed E-state index contributed by atoms with van der Waals surface area (Å²) in [6, 6.07) is 6.66. The van der Waals surface area contributed by atoms with Crippen molar-refractivity contribution in [1.29, 1.82) is 0 Å². The molecule has 1 aliphatic rings. The van der Waals surface area contributed by atoms with Crippen LogP contribution in [0.1, 0.15) is 16.9 Å². The molecule has 0 saturated heterocycles. The first-order chi connectivity index (χ1) is 12.2. The second-order valence-electron chi connectivity index (χ2n) is 5.89. The average Bonchev–Trinajstić information content (AvgIpc) is 3.20.